The van der Waals surface area contributed by atoms with E-state index in [0.29, 0.717) is 0 Å². The van der Waals surface area contributed by atoms with Gasteiger partial charge in [-0.2, -0.15) is 5.10 Å². The minimum absolute atomic E-state index is 0.822. The zero-order chi connectivity index (χ0) is 10.1. The normalized spacial score (nSPS) is 10.5. The number of rotatable bonds is 1. The van der Waals surface area contributed by atoms with Crippen LogP contribution in [0, 0.1) is 20.8 Å². The Bertz CT molecular complexity index is 459. The Morgan fingerprint density at radius 1 is 1.00 bits per heavy atom. The fourth-order valence-electron chi connectivity index (χ4n) is 1.42. The molecule has 0 spiro atoms. The molecule has 4 nitrogen and oxygen atoms in total. The molecular weight excluding hydrogens is 176 g/mol. The second-order valence-electron chi connectivity index (χ2n) is 3.36. The summed E-state index contributed by atoms with van der Waals surface area (Å²) in [5, 5.41) is 4.35. The summed E-state index contributed by atoms with van der Waals surface area (Å²) in [4.78, 5) is 8.22. The van der Waals surface area contributed by atoms with Gasteiger partial charge in [-0.15, -0.1) is 0 Å². The summed E-state index contributed by atoms with van der Waals surface area (Å²) in [6, 6.07) is 3.94. The monoisotopic (exact) mass is 188 g/mol. The van der Waals surface area contributed by atoms with Gasteiger partial charge in [-0.3, -0.25) is 0 Å². The van der Waals surface area contributed by atoms with Crippen molar-refractivity contribution >= 4 is 0 Å². The third-order valence-electron chi connectivity index (χ3n) is 2.02. The Balaban J connectivity index is 2.54. The number of hydrogen-bond acceptors (Lipinski definition) is 3. The van der Waals surface area contributed by atoms with Crippen molar-refractivity contribution in [1.82, 2.24) is 19.7 Å². The minimum Gasteiger partial charge on any atom is -0.242 e. The summed E-state index contributed by atoms with van der Waals surface area (Å²) >= 11 is 0. The third-order valence-corrected chi connectivity index (χ3v) is 2.02. The van der Waals surface area contributed by atoms with Crippen molar-refractivity contribution in [3.63, 3.8) is 0 Å². The van der Waals surface area contributed by atoms with Crippen molar-refractivity contribution in [1.29, 1.82) is 0 Å². The van der Waals surface area contributed by atoms with Gasteiger partial charge in [0.1, 0.15) is 6.33 Å². The van der Waals surface area contributed by atoms with Gasteiger partial charge >= 0.3 is 0 Å². The van der Waals surface area contributed by atoms with Crippen molar-refractivity contribution in [2.75, 3.05) is 0 Å². The standard InChI is InChI=1S/C10H12N4/c1-7-5-10(12-6-11-7)14-9(3)4-8(2)13-14/h4-6H,1-3H3. The van der Waals surface area contributed by atoms with Crippen molar-refractivity contribution in [2.45, 2.75) is 20.8 Å². The lowest BCUT2D eigenvalue weighted by Gasteiger charge is -2.02. The summed E-state index contributed by atoms with van der Waals surface area (Å²) in [6.45, 7) is 5.92. The average Bonchev–Trinajstić information content (AvgIpc) is 2.45. The molecule has 2 aromatic heterocycles. The zero-order valence-corrected chi connectivity index (χ0v) is 8.52. The highest BCUT2D eigenvalue weighted by atomic mass is 15.3. The highest BCUT2D eigenvalue weighted by Gasteiger charge is 2.04. The Morgan fingerprint density at radius 2 is 1.79 bits per heavy atom. The van der Waals surface area contributed by atoms with Crippen molar-refractivity contribution in [3.05, 3.63) is 35.5 Å². The first-order chi connectivity index (χ1) is 6.66. The molecule has 72 valence electrons. The van der Waals surface area contributed by atoms with Crippen LogP contribution >= 0.6 is 0 Å². The largest absolute Gasteiger partial charge is 0.242 e. The zero-order valence-electron chi connectivity index (χ0n) is 8.52. The molecule has 2 rings (SSSR count). The summed E-state index contributed by atoms with van der Waals surface area (Å²) < 4.78 is 1.82. The topological polar surface area (TPSA) is 43.6 Å². The second-order valence-corrected chi connectivity index (χ2v) is 3.36. The number of aryl methyl sites for hydroxylation is 3. The maximum absolute atomic E-state index is 4.35. The van der Waals surface area contributed by atoms with Crippen LogP contribution in [0.3, 0.4) is 0 Å². The lowest BCUT2D eigenvalue weighted by Crippen LogP contribution is -2.02. The van der Waals surface area contributed by atoms with E-state index in [4.69, 9.17) is 0 Å². The highest BCUT2D eigenvalue weighted by molar-refractivity contribution is 5.25. The summed E-state index contributed by atoms with van der Waals surface area (Å²) in [6.07, 6.45) is 1.56. The maximum atomic E-state index is 4.35. The molecule has 2 aromatic rings. The number of nitrogens with zero attached hydrogens (tertiary/aromatic N) is 4. The van der Waals surface area contributed by atoms with Crippen LogP contribution in [0.4, 0.5) is 0 Å². The molecule has 2 heterocycles. The maximum Gasteiger partial charge on any atom is 0.157 e. The molecule has 0 fully saturated rings. The van der Waals surface area contributed by atoms with Crippen LogP contribution in [-0.4, -0.2) is 19.7 Å². The van der Waals surface area contributed by atoms with E-state index in [1.807, 2.05) is 37.6 Å². The smallest absolute Gasteiger partial charge is 0.157 e. The lowest BCUT2D eigenvalue weighted by atomic mass is 10.4. The molecule has 0 aromatic carbocycles. The van der Waals surface area contributed by atoms with Crippen LogP contribution in [0.15, 0.2) is 18.5 Å². The van der Waals surface area contributed by atoms with Crippen LogP contribution in [0.25, 0.3) is 5.82 Å². The Kier molecular flexibility index (Phi) is 2.04. The second kappa shape index (κ2) is 3.21. The molecule has 0 aliphatic rings. The lowest BCUT2D eigenvalue weighted by molar-refractivity contribution is 0.797. The molecular formula is C10H12N4. The van der Waals surface area contributed by atoms with E-state index in [2.05, 4.69) is 15.1 Å². The van der Waals surface area contributed by atoms with E-state index < -0.39 is 0 Å². The Labute approximate surface area is 82.6 Å². The predicted molar refractivity (Wildman–Crippen MR) is 53.4 cm³/mol. The van der Waals surface area contributed by atoms with Gasteiger partial charge in [0.2, 0.25) is 0 Å². The molecule has 14 heavy (non-hydrogen) atoms. The van der Waals surface area contributed by atoms with E-state index in [1.54, 1.807) is 6.33 Å². The van der Waals surface area contributed by atoms with Crippen LogP contribution in [0.2, 0.25) is 0 Å². The van der Waals surface area contributed by atoms with E-state index in [-0.39, 0.29) is 0 Å². The minimum atomic E-state index is 0.822. The van der Waals surface area contributed by atoms with Crippen molar-refractivity contribution in [2.24, 2.45) is 0 Å². The van der Waals surface area contributed by atoms with E-state index in [9.17, 15) is 0 Å². The first kappa shape index (κ1) is 8.87. The molecule has 0 bridgehead atoms. The molecule has 4 heteroatoms. The van der Waals surface area contributed by atoms with E-state index in [0.717, 1.165) is 22.9 Å². The molecule has 0 unspecified atom stereocenters. The molecule has 0 atom stereocenters. The van der Waals surface area contributed by atoms with Gasteiger partial charge in [0.05, 0.1) is 5.69 Å². The van der Waals surface area contributed by atoms with Crippen molar-refractivity contribution < 1.29 is 0 Å². The van der Waals surface area contributed by atoms with Gasteiger partial charge in [0.15, 0.2) is 5.82 Å². The first-order valence-electron chi connectivity index (χ1n) is 4.49. The van der Waals surface area contributed by atoms with Crippen LogP contribution in [-0.2, 0) is 0 Å². The quantitative estimate of drug-likeness (QED) is 0.682. The number of hydrogen-bond donors (Lipinski definition) is 0. The van der Waals surface area contributed by atoms with Gasteiger partial charge in [-0.25, -0.2) is 14.6 Å². The molecule has 0 aliphatic heterocycles. The van der Waals surface area contributed by atoms with E-state index in [1.165, 1.54) is 0 Å². The van der Waals surface area contributed by atoms with Gasteiger partial charge < -0.3 is 0 Å². The first-order valence-corrected chi connectivity index (χ1v) is 4.49. The van der Waals surface area contributed by atoms with Crippen molar-refractivity contribution in [3.8, 4) is 5.82 Å². The Morgan fingerprint density at radius 3 is 2.36 bits per heavy atom. The van der Waals surface area contributed by atoms with Gasteiger partial charge in [0.25, 0.3) is 0 Å². The summed E-state index contributed by atoms with van der Waals surface area (Å²) in [5.41, 5.74) is 3.03. The fraction of sp³-hybridized carbons (Fsp3) is 0.300. The molecule has 0 saturated carbocycles. The van der Waals surface area contributed by atoms with Gasteiger partial charge in [0, 0.05) is 17.5 Å². The SMILES string of the molecule is Cc1cc(-n2nc(C)cc2C)ncn1. The summed E-state index contributed by atoms with van der Waals surface area (Å²) in [7, 11) is 0. The fourth-order valence-corrected chi connectivity index (χ4v) is 1.42. The third kappa shape index (κ3) is 1.51. The van der Waals surface area contributed by atoms with Crippen LogP contribution in [0.1, 0.15) is 17.1 Å². The van der Waals surface area contributed by atoms with Crippen LogP contribution in [0.5, 0.6) is 0 Å². The van der Waals surface area contributed by atoms with E-state index >= 15 is 0 Å². The molecule has 0 radical (unpaired) electrons. The highest BCUT2D eigenvalue weighted by Crippen LogP contribution is 2.09. The average molecular weight is 188 g/mol. The number of aromatic nitrogens is 4. The summed E-state index contributed by atoms with van der Waals surface area (Å²) in [5.74, 6) is 0.822. The predicted octanol–water partition coefficient (Wildman–Crippen LogP) is 1.59. The molecule has 0 amide bonds. The van der Waals surface area contributed by atoms with Gasteiger partial charge in [-0.1, -0.05) is 0 Å². The Hall–Kier alpha value is -1.71. The van der Waals surface area contributed by atoms with Crippen LogP contribution < -0.4 is 0 Å². The van der Waals surface area contributed by atoms with Gasteiger partial charge in [-0.05, 0) is 26.8 Å². The molecule has 0 N–H and O–H groups in total. The molecule has 0 aliphatic carbocycles. The molecule has 0 saturated heterocycles.